The van der Waals surface area contributed by atoms with E-state index in [1.807, 2.05) is 0 Å². The normalized spacial score (nSPS) is 23.5. The molecule has 3 aliphatic rings. The first-order valence-electron chi connectivity index (χ1n) is 25.2. The molecule has 73 heavy (non-hydrogen) atoms. The van der Waals surface area contributed by atoms with E-state index in [0.717, 1.165) is 29.4 Å². The zero-order valence-electron chi connectivity index (χ0n) is 44.0. The van der Waals surface area contributed by atoms with Crippen molar-refractivity contribution in [1.29, 1.82) is 0 Å². The van der Waals surface area contributed by atoms with E-state index < -0.39 is 72.7 Å². The molecule has 0 bridgehead atoms. The summed E-state index contributed by atoms with van der Waals surface area (Å²) in [7, 11) is -17.2. The number of hydrogen-bond donors (Lipinski definition) is 9. The molecule has 4 heterocycles. The Hall–Kier alpha value is -2.55. The molecule has 30 heteroatoms. The smallest absolute Gasteiger partial charge is 0.387 e. The Labute approximate surface area is 435 Å². The Balaban J connectivity index is 0.00000106. The highest BCUT2D eigenvalue weighted by Crippen LogP contribution is 2.67. The van der Waals surface area contributed by atoms with Crippen molar-refractivity contribution < 1.29 is 75.4 Å². The molecule has 10 atom stereocenters. The molecule has 0 saturated carbocycles. The summed E-state index contributed by atoms with van der Waals surface area (Å²) in [5.74, 6) is -0.727. The van der Waals surface area contributed by atoms with Gasteiger partial charge >= 0.3 is 41.2 Å². The fourth-order valence-electron chi connectivity index (χ4n) is 7.55. The molecule has 0 spiro atoms. The summed E-state index contributed by atoms with van der Waals surface area (Å²) in [5, 5.41) is 29.3. The molecular formula is C43H86N9O17P3S. The number of fused-ring (bicyclic) bond motifs is 1. The Morgan fingerprint density at radius 1 is 0.781 bits per heavy atom. The van der Waals surface area contributed by atoms with Gasteiger partial charge in [-0.3, -0.25) is 23.6 Å². The lowest BCUT2D eigenvalue weighted by atomic mass is 10.0. The van der Waals surface area contributed by atoms with Gasteiger partial charge in [-0.1, -0.05) is 75.2 Å². The molecule has 10 unspecified atom stereocenters. The van der Waals surface area contributed by atoms with Crippen LogP contribution in [-0.4, -0.2) is 181 Å². The highest BCUT2D eigenvalue weighted by atomic mass is 32.2. The van der Waals surface area contributed by atoms with Crippen molar-refractivity contribution in [2.45, 2.75) is 156 Å². The number of thioether (sulfide) groups is 1. The average Bonchev–Trinajstić information content (AvgIpc) is 3.97. The number of phosphoric acid groups is 3. The maximum absolute atomic E-state index is 12.3. The summed E-state index contributed by atoms with van der Waals surface area (Å²) >= 11 is 1.80. The van der Waals surface area contributed by atoms with Gasteiger partial charge in [0.05, 0.1) is 18.7 Å². The van der Waals surface area contributed by atoms with E-state index in [1.54, 1.807) is 11.8 Å². The predicted octanol–water partition coefficient (Wildman–Crippen LogP) is 3.79. The number of ether oxygens (including phenoxy) is 1. The largest absolute Gasteiger partial charge is 0.538 e. The first-order chi connectivity index (χ1) is 34.4. The second kappa shape index (κ2) is 35.7. The zero-order chi connectivity index (χ0) is 55.4. The quantitative estimate of drug-likeness (QED) is 0.0313. The molecule has 26 nitrogen and oxygen atoms in total. The van der Waals surface area contributed by atoms with E-state index in [2.05, 4.69) is 116 Å². The van der Waals surface area contributed by atoms with Gasteiger partial charge in [0.1, 0.15) is 24.1 Å². The molecule has 0 aliphatic carbocycles. The number of carbonyl (C=O) groups is 3. The summed E-state index contributed by atoms with van der Waals surface area (Å²) in [4.78, 5) is 87.5. The molecular weight excluding hydrogens is 1040 g/mol. The number of nitrogen functional groups attached to an aromatic ring is 1. The van der Waals surface area contributed by atoms with Crippen molar-refractivity contribution in [1.82, 2.24) is 40.2 Å². The number of phosphoric ester groups is 2. The van der Waals surface area contributed by atoms with Crippen LogP contribution in [0, 0.1) is 0 Å². The summed E-state index contributed by atoms with van der Waals surface area (Å²) in [6.45, 7) is 29.6. The monoisotopic (exact) mass is 1130 g/mol. The molecule has 426 valence electrons. The van der Waals surface area contributed by atoms with Gasteiger partial charge in [0.25, 0.3) is 0 Å². The summed E-state index contributed by atoms with van der Waals surface area (Å²) in [6, 6.07) is 1.31. The number of anilines is 1. The second-order valence-electron chi connectivity index (χ2n) is 16.8. The SMILES string of the molecule is CCN(CC)CC.CCN(CC)CC.CCN(CC)CC.Nc1ccn(C2OC(COP(=O)(O)OP(=O)(O)OP(=O)(O)OC(=O)CCCCCNC(=O)CCCCC3SCC4NC(=O)NC43)C(O)C2O)c(=O)n1. The number of rotatable bonds is 29. The van der Waals surface area contributed by atoms with Crippen LogP contribution < -0.4 is 27.4 Å². The lowest BCUT2D eigenvalue weighted by molar-refractivity contribution is -0.135. The summed E-state index contributed by atoms with van der Waals surface area (Å²) in [5.41, 5.74) is 4.44. The van der Waals surface area contributed by atoms with Crippen LogP contribution >= 0.6 is 35.2 Å². The van der Waals surface area contributed by atoms with Gasteiger partial charge in [0.2, 0.25) is 5.91 Å². The maximum atomic E-state index is 12.3. The van der Waals surface area contributed by atoms with Crippen LogP contribution in [0.3, 0.4) is 0 Å². The third-order valence-electron chi connectivity index (χ3n) is 12.0. The van der Waals surface area contributed by atoms with Crippen molar-refractivity contribution in [2.24, 2.45) is 0 Å². The van der Waals surface area contributed by atoms with E-state index in [4.69, 9.17) is 10.5 Å². The van der Waals surface area contributed by atoms with Crippen LogP contribution in [-0.2, 0) is 45.7 Å². The van der Waals surface area contributed by atoms with Gasteiger partial charge in [0, 0.05) is 36.6 Å². The van der Waals surface area contributed by atoms with Gasteiger partial charge in [0.15, 0.2) is 6.23 Å². The molecule has 0 radical (unpaired) electrons. The highest BCUT2D eigenvalue weighted by molar-refractivity contribution is 8.00. The minimum atomic E-state index is -5.93. The maximum Gasteiger partial charge on any atom is 0.538 e. The first-order valence-corrected chi connectivity index (χ1v) is 30.7. The van der Waals surface area contributed by atoms with Gasteiger partial charge in [-0.2, -0.15) is 25.4 Å². The minimum Gasteiger partial charge on any atom is -0.387 e. The molecule has 4 rings (SSSR count). The van der Waals surface area contributed by atoms with Crippen molar-refractivity contribution in [3.05, 3.63) is 22.7 Å². The Morgan fingerprint density at radius 2 is 1.32 bits per heavy atom. The standard InChI is InChI=1S/C25H41N6O17P3S.3C6H15N/c26-17-9-11-31(25(37)29-17)23-22(35)21(34)15(45-23)12-44-49(38,39)47-51(42,43)48-50(40,41)46-19(33)8-2-1-5-10-27-18(32)7-4-3-6-16-20-14(13-52-16)28-24(36)30-20;3*1-4-7(5-2)6-3/h9,11,14-16,20-23,34-35H,1-8,10,12-13H2,(H,27,32)(H,38,39)(H,40,41)(H,42,43)(H2,26,29,37)(H2,28,30,36);3*4-6H2,1-3H3. The second-order valence-corrected chi connectivity index (χ2v) is 22.6. The summed E-state index contributed by atoms with van der Waals surface area (Å²) < 4.78 is 59.1. The molecule has 0 aromatic carbocycles. The van der Waals surface area contributed by atoms with Crippen LogP contribution in [0.25, 0.3) is 0 Å². The first kappa shape index (κ1) is 68.5. The van der Waals surface area contributed by atoms with E-state index in [0.29, 0.717) is 37.5 Å². The minimum absolute atomic E-state index is 0.114. The Bertz CT molecular complexity index is 1930. The number of urea groups is 1. The van der Waals surface area contributed by atoms with Crippen LogP contribution in [0.1, 0.15) is 120 Å². The molecule has 1 aromatic rings. The van der Waals surface area contributed by atoms with E-state index in [1.165, 1.54) is 65.0 Å². The van der Waals surface area contributed by atoms with Crippen molar-refractivity contribution in [3.8, 4) is 0 Å². The number of amides is 3. The van der Waals surface area contributed by atoms with Crippen LogP contribution in [0.4, 0.5) is 10.6 Å². The average molecular weight is 1130 g/mol. The molecule has 3 fully saturated rings. The van der Waals surface area contributed by atoms with Crippen molar-refractivity contribution >= 4 is 59.0 Å². The zero-order valence-corrected chi connectivity index (χ0v) is 47.5. The fraction of sp³-hybridized carbons (Fsp3) is 0.837. The summed E-state index contributed by atoms with van der Waals surface area (Å²) in [6.07, 6.45) is -2.31. The lowest BCUT2D eigenvalue weighted by Crippen LogP contribution is -2.36. The van der Waals surface area contributed by atoms with Gasteiger partial charge in [-0.25, -0.2) is 23.3 Å². The number of carbonyl (C=O) groups excluding carboxylic acids is 3. The number of hydrogen-bond acceptors (Lipinski definition) is 20. The molecule has 3 saturated heterocycles. The number of unbranched alkanes of at least 4 members (excludes halogenated alkanes) is 3. The predicted molar refractivity (Wildman–Crippen MR) is 278 cm³/mol. The van der Waals surface area contributed by atoms with E-state index in [9.17, 15) is 57.8 Å². The molecule has 1 aromatic heterocycles. The van der Waals surface area contributed by atoms with E-state index >= 15 is 0 Å². The fourth-order valence-corrected chi connectivity index (χ4v) is 12.6. The third kappa shape index (κ3) is 26.9. The number of aromatic nitrogens is 2. The number of nitrogens with one attached hydrogen (secondary N) is 3. The Kier molecular flexibility index (Phi) is 33.5. The lowest BCUT2D eigenvalue weighted by Gasteiger charge is -2.20. The van der Waals surface area contributed by atoms with Crippen molar-refractivity contribution in [3.63, 3.8) is 0 Å². The van der Waals surface area contributed by atoms with Gasteiger partial charge in [-0.15, -0.1) is 0 Å². The van der Waals surface area contributed by atoms with Crippen LogP contribution in [0.15, 0.2) is 17.1 Å². The number of aliphatic hydroxyl groups is 2. The molecule has 3 aliphatic heterocycles. The molecule has 10 N–H and O–H groups in total. The van der Waals surface area contributed by atoms with Crippen LogP contribution in [0.5, 0.6) is 0 Å². The van der Waals surface area contributed by atoms with Crippen LogP contribution in [0.2, 0.25) is 0 Å². The highest BCUT2D eigenvalue weighted by Gasteiger charge is 2.48. The third-order valence-corrected chi connectivity index (χ3v) is 17.7. The van der Waals surface area contributed by atoms with Gasteiger partial charge < -0.3 is 65.6 Å². The van der Waals surface area contributed by atoms with E-state index in [-0.39, 0.29) is 36.3 Å². The molecule has 3 amide bonds. The number of nitrogens with zero attached hydrogens (tertiary/aromatic N) is 5. The van der Waals surface area contributed by atoms with Crippen molar-refractivity contribution in [2.75, 3.05) is 83.5 Å². The Morgan fingerprint density at radius 3 is 1.84 bits per heavy atom. The van der Waals surface area contributed by atoms with Gasteiger partial charge in [-0.05, 0) is 90.7 Å². The number of nitrogens with two attached hydrogens (primary N) is 1. The number of aliphatic hydroxyl groups excluding tert-OH is 2. The topological polar surface area (TPSA) is 356 Å².